The van der Waals surface area contributed by atoms with Crippen LogP contribution in [0.4, 0.5) is 10.1 Å². The molecule has 1 aromatic heterocycles. The number of aromatic nitrogens is 1. The fraction of sp³-hybridized carbons (Fsp3) is 0.375. The number of halogens is 1. The number of hydrogen-bond acceptors (Lipinski definition) is 4. The first-order valence-corrected chi connectivity index (χ1v) is 8.26. The number of rotatable bonds is 3. The second kappa shape index (κ2) is 6.25. The summed E-state index contributed by atoms with van der Waals surface area (Å²) in [7, 11) is 0. The Bertz CT molecular complexity index is 825. The molecular weight excluding hydrogens is 317 g/mol. The zero-order valence-corrected chi connectivity index (χ0v) is 13.8. The summed E-state index contributed by atoms with van der Waals surface area (Å²) in [5.74, 6) is -0.774. The topological polar surface area (TPSA) is 63.1 Å². The van der Waals surface area contributed by atoms with E-state index in [1.165, 1.54) is 4.57 Å². The van der Waals surface area contributed by atoms with Gasteiger partial charge in [-0.3, -0.25) is 14.2 Å². The van der Waals surface area contributed by atoms with Gasteiger partial charge in [-0.1, -0.05) is 17.4 Å². The fourth-order valence-corrected chi connectivity index (χ4v) is 3.56. The number of nitrogens with zero attached hydrogens (tertiary/aromatic N) is 1. The molecule has 23 heavy (non-hydrogen) atoms. The number of hydrogen-bond donors (Lipinski definition) is 2. The molecule has 0 saturated heterocycles. The summed E-state index contributed by atoms with van der Waals surface area (Å²) in [6.07, 6.45) is 0.604. The van der Waals surface area contributed by atoms with Crippen LogP contribution in [0.15, 0.2) is 16.9 Å². The number of nitrogens with one attached hydrogen (secondary N) is 2. The van der Waals surface area contributed by atoms with Crippen molar-refractivity contribution in [1.29, 1.82) is 0 Å². The monoisotopic (exact) mass is 335 g/mol. The number of thiazole rings is 1. The minimum atomic E-state index is -0.402. The van der Waals surface area contributed by atoms with Crippen LogP contribution in [0.25, 0.3) is 0 Å². The van der Waals surface area contributed by atoms with Crippen LogP contribution in [0.5, 0.6) is 0 Å². The van der Waals surface area contributed by atoms with E-state index in [0.717, 1.165) is 34.0 Å². The summed E-state index contributed by atoms with van der Waals surface area (Å²) < 4.78 is 15.9. The van der Waals surface area contributed by atoms with Crippen molar-refractivity contribution >= 4 is 22.9 Å². The molecule has 122 valence electrons. The lowest BCUT2D eigenvalue weighted by Crippen LogP contribution is -2.27. The van der Waals surface area contributed by atoms with E-state index >= 15 is 0 Å². The third kappa shape index (κ3) is 3.07. The smallest absolute Gasteiger partial charge is 0.308 e. The quantitative estimate of drug-likeness (QED) is 0.901. The molecule has 2 heterocycles. The van der Waals surface area contributed by atoms with Gasteiger partial charge in [0.1, 0.15) is 12.4 Å². The van der Waals surface area contributed by atoms with Gasteiger partial charge in [0.05, 0.1) is 5.69 Å². The van der Waals surface area contributed by atoms with Crippen molar-refractivity contribution in [2.24, 2.45) is 0 Å². The molecule has 0 aliphatic carbocycles. The fourth-order valence-electron chi connectivity index (χ4n) is 2.73. The molecule has 5 nitrogen and oxygen atoms in total. The molecule has 7 heteroatoms. The van der Waals surface area contributed by atoms with Gasteiger partial charge in [-0.15, -0.1) is 0 Å². The second-order valence-electron chi connectivity index (χ2n) is 5.64. The van der Waals surface area contributed by atoms with Crippen molar-refractivity contribution in [3.63, 3.8) is 0 Å². The molecule has 0 fully saturated rings. The molecule has 1 amide bonds. The predicted octanol–water partition coefficient (Wildman–Crippen LogP) is 1.95. The number of fused-ring (bicyclic) bond motifs is 1. The third-order valence-electron chi connectivity index (χ3n) is 4.16. The van der Waals surface area contributed by atoms with E-state index in [0.29, 0.717) is 18.5 Å². The molecule has 0 radical (unpaired) electrons. The highest BCUT2D eigenvalue weighted by atomic mass is 32.1. The van der Waals surface area contributed by atoms with Crippen molar-refractivity contribution in [1.82, 2.24) is 9.88 Å². The summed E-state index contributed by atoms with van der Waals surface area (Å²) in [4.78, 5) is 24.7. The van der Waals surface area contributed by atoms with Crippen molar-refractivity contribution < 1.29 is 9.18 Å². The van der Waals surface area contributed by atoms with Gasteiger partial charge >= 0.3 is 4.87 Å². The second-order valence-corrected chi connectivity index (χ2v) is 6.80. The lowest BCUT2D eigenvalue weighted by atomic mass is 9.99. The lowest BCUT2D eigenvalue weighted by molar-refractivity contribution is -0.116. The van der Waals surface area contributed by atoms with Gasteiger partial charge in [-0.2, -0.15) is 0 Å². The Hall–Kier alpha value is -1.99. The van der Waals surface area contributed by atoms with Crippen LogP contribution < -0.4 is 15.5 Å². The van der Waals surface area contributed by atoms with E-state index < -0.39 is 5.91 Å². The van der Waals surface area contributed by atoms with E-state index in [2.05, 4.69) is 10.6 Å². The maximum atomic E-state index is 14.5. The Morgan fingerprint density at radius 1 is 1.43 bits per heavy atom. The van der Waals surface area contributed by atoms with Crippen LogP contribution in [0.2, 0.25) is 0 Å². The highest BCUT2D eigenvalue weighted by Crippen LogP contribution is 2.24. The molecule has 1 aliphatic rings. The van der Waals surface area contributed by atoms with Crippen molar-refractivity contribution in [3.05, 3.63) is 49.3 Å². The van der Waals surface area contributed by atoms with Gasteiger partial charge in [0.25, 0.3) is 0 Å². The molecule has 0 saturated carbocycles. The van der Waals surface area contributed by atoms with Crippen LogP contribution in [0.3, 0.4) is 0 Å². The molecule has 0 unspecified atom stereocenters. The number of amides is 1. The maximum absolute atomic E-state index is 14.5. The molecule has 3 rings (SSSR count). The summed E-state index contributed by atoms with van der Waals surface area (Å²) in [6.45, 7) is 4.90. The summed E-state index contributed by atoms with van der Waals surface area (Å²) in [6, 6.07) is 3.40. The average Bonchev–Trinajstić information content (AvgIpc) is 2.77. The van der Waals surface area contributed by atoms with Gasteiger partial charge in [0.2, 0.25) is 5.91 Å². The Balaban J connectivity index is 1.79. The van der Waals surface area contributed by atoms with E-state index in [9.17, 15) is 14.0 Å². The van der Waals surface area contributed by atoms with Gasteiger partial charge in [-0.05, 0) is 44.0 Å². The number of carbonyl (C=O) groups is 1. The van der Waals surface area contributed by atoms with Crippen molar-refractivity contribution in [2.75, 3.05) is 11.9 Å². The highest BCUT2D eigenvalue weighted by molar-refractivity contribution is 7.09. The Morgan fingerprint density at radius 2 is 2.22 bits per heavy atom. The van der Waals surface area contributed by atoms with Gasteiger partial charge in [0, 0.05) is 17.1 Å². The summed E-state index contributed by atoms with van der Waals surface area (Å²) >= 11 is 1.11. The predicted molar refractivity (Wildman–Crippen MR) is 88.5 cm³/mol. The summed E-state index contributed by atoms with van der Waals surface area (Å²) in [5.41, 5.74) is 2.52. The van der Waals surface area contributed by atoms with Crippen LogP contribution >= 0.6 is 11.3 Å². The van der Waals surface area contributed by atoms with Gasteiger partial charge < -0.3 is 10.6 Å². The first kappa shape index (κ1) is 15.9. The standard InChI is InChI=1S/C16H18FN3O2S/c1-9-10(2)23-16(22)20(9)8-14(21)19-13-4-3-11-7-18-6-5-12(11)15(13)17/h3-4,18H,5-8H2,1-2H3,(H,19,21). The van der Waals surface area contributed by atoms with E-state index in [-0.39, 0.29) is 22.9 Å². The number of benzene rings is 1. The van der Waals surface area contributed by atoms with Crippen LogP contribution in [0.1, 0.15) is 21.7 Å². The van der Waals surface area contributed by atoms with Crippen LogP contribution in [-0.4, -0.2) is 17.0 Å². The highest BCUT2D eigenvalue weighted by Gasteiger charge is 2.18. The van der Waals surface area contributed by atoms with E-state index in [1.807, 2.05) is 13.0 Å². The Kier molecular flexibility index (Phi) is 4.32. The number of aryl methyl sites for hydroxylation is 1. The molecule has 0 atom stereocenters. The lowest BCUT2D eigenvalue weighted by Gasteiger charge is -2.19. The molecule has 2 aromatic rings. The van der Waals surface area contributed by atoms with E-state index in [4.69, 9.17) is 0 Å². The molecule has 2 N–H and O–H groups in total. The summed E-state index contributed by atoms with van der Waals surface area (Å²) in [5, 5.41) is 5.77. The zero-order valence-electron chi connectivity index (χ0n) is 13.0. The van der Waals surface area contributed by atoms with Crippen molar-refractivity contribution in [2.45, 2.75) is 33.4 Å². The number of carbonyl (C=O) groups excluding carboxylic acids is 1. The Labute approximate surface area is 137 Å². The SMILES string of the molecule is Cc1sc(=O)n(CC(=O)Nc2ccc3c(c2F)CCNC3)c1C. The van der Waals surface area contributed by atoms with Crippen molar-refractivity contribution in [3.8, 4) is 0 Å². The third-order valence-corrected chi connectivity index (χ3v) is 5.16. The first-order valence-electron chi connectivity index (χ1n) is 7.45. The van der Waals surface area contributed by atoms with E-state index in [1.54, 1.807) is 13.0 Å². The maximum Gasteiger partial charge on any atom is 0.308 e. The normalized spacial score (nSPS) is 13.7. The van der Waals surface area contributed by atoms with Gasteiger partial charge in [-0.25, -0.2) is 4.39 Å². The zero-order chi connectivity index (χ0) is 16.6. The van der Waals surface area contributed by atoms with Crippen LogP contribution in [0, 0.1) is 19.7 Å². The average molecular weight is 335 g/mol. The molecule has 1 aliphatic heterocycles. The van der Waals surface area contributed by atoms with Gasteiger partial charge in [0.15, 0.2) is 0 Å². The minimum absolute atomic E-state index is 0.104. The molecule has 1 aromatic carbocycles. The minimum Gasteiger partial charge on any atom is -0.322 e. The Morgan fingerprint density at radius 3 is 2.91 bits per heavy atom. The molecule has 0 bridgehead atoms. The van der Waals surface area contributed by atoms with Crippen LogP contribution in [-0.2, 0) is 24.3 Å². The molecule has 0 spiro atoms. The largest absolute Gasteiger partial charge is 0.322 e. The first-order chi connectivity index (χ1) is 11.0. The molecular formula is C16H18FN3O2S. The number of anilines is 1.